The van der Waals surface area contributed by atoms with Crippen molar-refractivity contribution in [2.24, 2.45) is 11.3 Å². The monoisotopic (exact) mass is 252 g/mol. The van der Waals surface area contributed by atoms with Crippen molar-refractivity contribution in [1.82, 2.24) is 5.43 Å². The molecule has 0 fully saturated rings. The van der Waals surface area contributed by atoms with E-state index in [1.54, 1.807) is 14.2 Å². The third-order valence-corrected chi connectivity index (χ3v) is 2.83. The minimum atomic E-state index is 0.102. The summed E-state index contributed by atoms with van der Waals surface area (Å²) in [6, 6.07) is 5.98. The van der Waals surface area contributed by atoms with Gasteiger partial charge >= 0.3 is 0 Å². The van der Waals surface area contributed by atoms with Crippen LogP contribution < -0.4 is 20.7 Å². The molecule has 0 aliphatic carbocycles. The van der Waals surface area contributed by atoms with Crippen LogP contribution in [-0.2, 0) is 0 Å². The Morgan fingerprint density at radius 3 is 2.22 bits per heavy atom. The number of methoxy groups -OCH3 is 2. The molecule has 1 unspecified atom stereocenters. The zero-order valence-electron chi connectivity index (χ0n) is 11.9. The van der Waals surface area contributed by atoms with Crippen molar-refractivity contribution in [2.45, 2.75) is 33.2 Å². The Kier molecular flexibility index (Phi) is 4.99. The average Bonchev–Trinajstić information content (AvgIpc) is 2.34. The first-order valence-electron chi connectivity index (χ1n) is 6.09. The fraction of sp³-hybridized carbons (Fsp3) is 0.571. The Bertz CT molecular complexity index is 386. The lowest BCUT2D eigenvalue weighted by Crippen LogP contribution is -2.31. The number of hydrogen-bond acceptors (Lipinski definition) is 4. The van der Waals surface area contributed by atoms with E-state index in [1.807, 2.05) is 18.2 Å². The summed E-state index contributed by atoms with van der Waals surface area (Å²) in [5.41, 5.74) is 4.17. The second kappa shape index (κ2) is 6.07. The largest absolute Gasteiger partial charge is 0.493 e. The Morgan fingerprint density at radius 1 is 1.17 bits per heavy atom. The molecule has 4 heteroatoms. The smallest absolute Gasteiger partial charge is 0.161 e. The Hall–Kier alpha value is -1.26. The van der Waals surface area contributed by atoms with Crippen LogP contribution in [0.3, 0.4) is 0 Å². The van der Waals surface area contributed by atoms with E-state index in [0.717, 1.165) is 23.5 Å². The summed E-state index contributed by atoms with van der Waals surface area (Å²) >= 11 is 0. The van der Waals surface area contributed by atoms with Crippen molar-refractivity contribution in [1.29, 1.82) is 0 Å². The van der Waals surface area contributed by atoms with Crippen LogP contribution in [0.15, 0.2) is 18.2 Å². The molecule has 0 aliphatic heterocycles. The molecule has 0 bridgehead atoms. The van der Waals surface area contributed by atoms with Crippen molar-refractivity contribution >= 4 is 0 Å². The van der Waals surface area contributed by atoms with Crippen LogP contribution in [0.25, 0.3) is 0 Å². The first-order chi connectivity index (χ1) is 8.41. The summed E-state index contributed by atoms with van der Waals surface area (Å²) in [6.07, 6.45) is 0.943. The highest BCUT2D eigenvalue weighted by molar-refractivity contribution is 5.43. The van der Waals surface area contributed by atoms with Crippen LogP contribution in [0.2, 0.25) is 0 Å². The zero-order valence-corrected chi connectivity index (χ0v) is 11.9. The molecule has 0 aliphatic rings. The Balaban J connectivity index is 3.00. The van der Waals surface area contributed by atoms with Gasteiger partial charge in [0, 0.05) is 6.04 Å². The van der Waals surface area contributed by atoms with Gasteiger partial charge in [-0.25, -0.2) is 0 Å². The molecule has 0 saturated carbocycles. The highest BCUT2D eigenvalue weighted by Gasteiger charge is 2.20. The molecule has 1 aromatic rings. The standard InChI is InChI=1S/C14H24N2O2/c1-14(2,3)9-11(16-15)10-6-7-12(17-4)13(8-10)18-5/h6-8,11,16H,9,15H2,1-5H3. The lowest BCUT2D eigenvalue weighted by molar-refractivity contribution is 0.311. The van der Waals surface area contributed by atoms with E-state index in [0.29, 0.717) is 0 Å². The van der Waals surface area contributed by atoms with E-state index in [4.69, 9.17) is 15.3 Å². The second-order valence-electron chi connectivity index (χ2n) is 5.60. The minimum absolute atomic E-state index is 0.102. The highest BCUT2D eigenvalue weighted by atomic mass is 16.5. The molecule has 0 radical (unpaired) electrons. The van der Waals surface area contributed by atoms with E-state index in [1.165, 1.54) is 0 Å². The molecule has 0 saturated heterocycles. The molecule has 0 amide bonds. The van der Waals surface area contributed by atoms with Gasteiger partial charge < -0.3 is 9.47 Å². The van der Waals surface area contributed by atoms with E-state index >= 15 is 0 Å². The van der Waals surface area contributed by atoms with Gasteiger partial charge in [-0.1, -0.05) is 26.8 Å². The lowest BCUT2D eigenvalue weighted by atomic mass is 9.85. The second-order valence-corrected chi connectivity index (χ2v) is 5.60. The highest BCUT2D eigenvalue weighted by Crippen LogP contribution is 2.34. The molecule has 1 rings (SSSR count). The van der Waals surface area contributed by atoms with Gasteiger partial charge in [-0.2, -0.15) is 0 Å². The van der Waals surface area contributed by atoms with E-state index in [9.17, 15) is 0 Å². The number of hydrazine groups is 1. The number of rotatable bonds is 5. The molecule has 0 heterocycles. The van der Waals surface area contributed by atoms with Crippen molar-refractivity contribution in [3.63, 3.8) is 0 Å². The molecule has 3 N–H and O–H groups in total. The maximum atomic E-state index is 5.65. The molecule has 4 nitrogen and oxygen atoms in total. The zero-order chi connectivity index (χ0) is 13.8. The SMILES string of the molecule is COc1ccc(C(CC(C)(C)C)NN)cc1OC. The number of nitrogens with one attached hydrogen (secondary N) is 1. The molecule has 18 heavy (non-hydrogen) atoms. The van der Waals surface area contributed by atoms with Crippen LogP contribution >= 0.6 is 0 Å². The van der Waals surface area contributed by atoms with Crippen molar-refractivity contribution < 1.29 is 9.47 Å². The third-order valence-electron chi connectivity index (χ3n) is 2.83. The van der Waals surface area contributed by atoms with Gasteiger partial charge in [0.25, 0.3) is 0 Å². The van der Waals surface area contributed by atoms with Crippen molar-refractivity contribution in [2.75, 3.05) is 14.2 Å². The number of ether oxygens (including phenoxy) is 2. The van der Waals surface area contributed by atoms with Gasteiger partial charge in [0.15, 0.2) is 11.5 Å². The van der Waals surface area contributed by atoms with Crippen LogP contribution in [0.1, 0.15) is 38.8 Å². The van der Waals surface area contributed by atoms with Gasteiger partial charge in [-0.3, -0.25) is 11.3 Å². The molecule has 1 aromatic carbocycles. The Labute approximate surface area is 109 Å². The van der Waals surface area contributed by atoms with Crippen LogP contribution in [0.5, 0.6) is 11.5 Å². The molecule has 0 aromatic heterocycles. The van der Waals surface area contributed by atoms with Gasteiger partial charge in [-0.15, -0.1) is 0 Å². The fourth-order valence-corrected chi connectivity index (χ4v) is 1.95. The van der Waals surface area contributed by atoms with Gasteiger partial charge in [0.2, 0.25) is 0 Å². The van der Waals surface area contributed by atoms with Gasteiger partial charge in [0.1, 0.15) is 0 Å². The van der Waals surface area contributed by atoms with E-state index in [2.05, 4.69) is 26.2 Å². The van der Waals surface area contributed by atoms with Crippen LogP contribution in [0, 0.1) is 5.41 Å². The van der Waals surface area contributed by atoms with Crippen LogP contribution in [0.4, 0.5) is 0 Å². The summed E-state index contributed by atoms with van der Waals surface area (Å²) in [5.74, 6) is 7.11. The maximum absolute atomic E-state index is 5.65. The minimum Gasteiger partial charge on any atom is -0.493 e. The quantitative estimate of drug-likeness (QED) is 0.625. The number of hydrogen-bond donors (Lipinski definition) is 2. The maximum Gasteiger partial charge on any atom is 0.161 e. The number of benzene rings is 1. The molecule has 1 atom stereocenters. The third kappa shape index (κ3) is 3.89. The Morgan fingerprint density at radius 2 is 1.78 bits per heavy atom. The lowest BCUT2D eigenvalue weighted by Gasteiger charge is -2.26. The van der Waals surface area contributed by atoms with Crippen molar-refractivity contribution in [3.8, 4) is 11.5 Å². The predicted molar refractivity (Wildman–Crippen MR) is 73.7 cm³/mol. The fourth-order valence-electron chi connectivity index (χ4n) is 1.95. The summed E-state index contributed by atoms with van der Waals surface area (Å²) in [4.78, 5) is 0. The average molecular weight is 252 g/mol. The van der Waals surface area contributed by atoms with Crippen molar-refractivity contribution in [3.05, 3.63) is 23.8 Å². The normalized spacial score (nSPS) is 13.2. The summed E-state index contributed by atoms with van der Waals surface area (Å²) in [5, 5.41) is 0. The first-order valence-corrected chi connectivity index (χ1v) is 6.09. The first kappa shape index (κ1) is 14.8. The summed E-state index contributed by atoms with van der Waals surface area (Å²) in [6.45, 7) is 6.58. The topological polar surface area (TPSA) is 56.5 Å². The van der Waals surface area contributed by atoms with Gasteiger partial charge in [-0.05, 0) is 29.5 Å². The van der Waals surface area contributed by atoms with E-state index in [-0.39, 0.29) is 11.5 Å². The molecular weight excluding hydrogens is 228 g/mol. The summed E-state index contributed by atoms with van der Waals surface area (Å²) in [7, 11) is 3.27. The predicted octanol–water partition coefficient (Wildman–Crippen LogP) is 2.64. The number of nitrogens with two attached hydrogens (primary N) is 1. The van der Waals surface area contributed by atoms with Gasteiger partial charge in [0.05, 0.1) is 14.2 Å². The van der Waals surface area contributed by atoms with Crippen LogP contribution in [-0.4, -0.2) is 14.2 Å². The molecular formula is C14H24N2O2. The van der Waals surface area contributed by atoms with E-state index < -0.39 is 0 Å². The summed E-state index contributed by atoms with van der Waals surface area (Å²) < 4.78 is 10.5. The molecule has 102 valence electrons. The molecule has 0 spiro atoms.